The highest BCUT2D eigenvalue weighted by Crippen LogP contribution is 2.30. The molecule has 0 aromatic carbocycles. The fourth-order valence-corrected chi connectivity index (χ4v) is 2.41. The van der Waals surface area contributed by atoms with Gasteiger partial charge in [0.1, 0.15) is 0 Å². The molecule has 2 rings (SSSR count). The van der Waals surface area contributed by atoms with Crippen molar-refractivity contribution in [3.8, 4) is 0 Å². The minimum Gasteiger partial charge on any atom is -0.381 e. The third kappa shape index (κ3) is 2.38. The van der Waals surface area contributed by atoms with Crippen LogP contribution in [0.2, 0.25) is 0 Å². The molecule has 1 aliphatic carbocycles. The summed E-state index contributed by atoms with van der Waals surface area (Å²) in [6, 6.07) is 0. The van der Waals surface area contributed by atoms with Gasteiger partial charge in [0.25, 0.3) is 0 Å². The van der Waals surface area contributed by atoms with Gasteiger partial charge < -0.3 is 15.8 Å². The summed E-state index contributed by atoms with van der Waals surface area (Å²) in [5.74, 6) is 0.851. The second-order valence-electron chi connectivity index (χ2n) is 5.10. The number of nitrogens with two attached hydrogens (primary N) is 1. The van der Waals surface area contributed by atoms with E-state index in [1.807, 2.05) is 0 Å². The smallest absolute Gasteiger partial charge is 0.227 e. The van der Waals surface area contributed by atoms with E-state index < -0.39 is 0 Å². The van der Waals surface area contributed by atoms with E-state index >= 15 is 0 Å². The molecule has 2 aliphatic rings. The summed E-state index contributed by atoms with van der Waals surface area (Å²) in [4.78, 5) is 12.1. The first kappa shape index (κ1) is 11.9. The summed E-state index contributed by atoms with van der Waals surface area (Å²) in [5, 5.41) is 3.07. The van der Waals surface area contributed by atoms with Gasteiger partial charge >= 0.3 is 0 Å². The number of carbonyl (C=O) groups excluding carboxylic acids is 1. The second-order valence-corrected chi connectivity index (χ2v) is 5.10. The van der Waals surface area contributed by atoms with E-state index in [2.05, 4.69) is 5.32 Å². The zero-order valence-corrected chi connectivity index (χ0v) is 9.84. The summed E-state index contributed by atoms with van der Waals surface area (Å²) in [6.07, 6.45) is 5.37. The van der Waals surface area contributed by atoms with Gasteiger partial charge in [-0.1, -0.05) is 6.42 Å². The van der Waals surface area contributed by atoms with E-state index in [0.29, 0.717) is 25.7 Å². The summed E-state index contributed by atoms with van der Waals surface area (Å²) < 4.78 is 5.30. The molecule has 2 fully saturated rings. The molecular weight excluding hydrogens is 204 g/mol. The molecule has 92 valence electrons. The van der Waals surface area contributed by atoms with E-state index in [9.17, 15) is 4.79 Å². The number of nitrogens with one attached hydrogen (secondary N) is 1. The summed E-state index contributed by atoms with van der Waals surface area (Å²) in [7, 11) is 0. The molecule has 0 unspecified atom stereocenters. The first-order valence-electron chi connectivity index (χ1n) is 6.33. The number of amides is 1. The van der Waals surface area contributed by atoms with Crippen molar-refractivity contribution in [3.05, 3.63) is 0 Å². The molecule has 3 N–H and O–H groups in total. The SMILES string of the molecule is NCC1(C(=O)NCC2CCC2)CCOCC1. The van der Waals surface area contributed by atoms with Crippen LogP contribution in [0.15, 0.2) is 0 Å². The van der Waals surface area contributed by atoms with E-state index in [1.165, 1.54) is 19.3 Å². The van der Waals surface area contributed by atoms with E-state index in [4.69, 9.17) is 10.5 Å². The van der Waals surface area contributed by atoms with Crippen LogP contribution in [-0.2, 0) is 9.53 Å². The lowest BCUT2D eigenvalue weighted by Crippen LogP contribution is -2.50. The minimum absolute atomic E-state index is 0.144. The highest BCUT2D eigenvalue weighted by atomic mass is 16.5. The molecule has 4 heteroatoms. The lowest BCUT2D eigenvalue weighted by Gasteiger charge is -2.35. The molecule has 0 aromatic heterocycles. The molecular formula is C12H22N2O2. The zero-order valence-electron chi connectivity index (χ0n) is 9.84. The van der Waals surface area contributed by atoms with Crippen molar-refractivity contribution in [2.45, 2.75) is 32.1 Å². The van der Waals surface area contributed by atoms with Gasteiger partial charge in [0.15, 0.2) is 0 Å². The number of rotatable bonds is 4. The molecule has 4 nitrogen and oxygen atoms in total. The number of hydrogen-bond acceptors (Lipinski definition) is 3. The average molecular weight is 226 g/mol. The van der Waals surface area contributed by atoms with Gasteiger partial charge in [-0.05, 0) is 31.6 Å². The van der Waals surface area contributed by atoms with Crippen molar-refractivity contribution in [2.75, 3.05) is 26.3 Å². The first-order chi connectivity index (χ1) is 7.77. The molecule has 0 atom stereocenters. The van der Waals surface area contributed by atoms with E-state index in [1.54, 1.807) is 0 Å². The van der Waals surface area contributed by atoms with E-state index in [-0.39, 0.29) is 11.3 Å². The summed E-state index contributed by atoms with van der Waals surface area (Å²) in [6.45, 7) is 2.59. The van der Waals surface area contributed by atoms with E-state index in [0.717, 1.165) is 19.4 Å². The topological polar surface area (TPSA) is 64.4 Å². The maximum Gasteiger partial charge on any atom is 0.227 e. The van der Waals surface area contributed by atoms with Crippen molar-refractivity contribution in [1.29, 1.82) is 0 Å². The monoisotopic (exact) mass is 226 g/mol. The summed E-state index contributed by atoms with van der Waals surface area (Å²) >= 11 is 0. The Kier molecular flexibility index (Phi) is 3.82. The van der Waals surface area contributed by atoms with Gasteiger partial charge in [-0.15, -0.1) is 0 Å². The zero-order chi connectivity index (χ0) is 11.4. The Morgan fingerprint density at radius 1 is 1.38 bits per heavy atom. The lowest BCUT2D eigenvalue weighted by molar-refractivity contribution is -0.136. The minimum atomic E-state index is -0.359. The normalized spacial score (nSPS) is 24.8. The first-order valence-corrected chi connectivity index (χ1v) is 6.33. The van der Waals surface area contributed by atoms with Crippen LogP contribution in [0.4, 0.5) is 0 Å². The standard InChI is InChI=1S/C12H22N2O2/c13-9-12(4-6-16-7-5-12)11(15)14-8-10-2-1-3-10/h10H,1-9,13H2,(H,14,15). The highest BCUT2D eigenvalue weighted by molar-refractivity contribution is 5.83. The molecule has 0 bridgehead atoms. The lowest BCUT2D eigenvalue weighted by atomic mass is 9.79. The van der Waals surface area contributed by atoms with Gasteiger partial charge in [-0.2, -0.15) is 0 Å². The fourth-order valence-electron chi connectivity index (χ4n) is 2.41. The Bertz CT molecular complexity index is 245. The van der Waals surface area contributed by atoms with Crippen LogP contribution in [0.3, 0.4) is 0 Å². The highest BCUT2D eigenvalue weighted by Gasteiger charge is 2.38. The van der Waals surface area contributed by atoms with Crippen molar-refractivity contribution in [1.82, 2.24) is 5.32 Å². The van der Waals surface area contributed by atoms with Gasteiger partial charge in [0.05, 0.1) is 5.41 Å². The maximum absolute atomic E-state index is 12.1. The molecule has 1 saturated heterocycles. The van der Waals surface area contributed by atoms with Gasteiger partial charge in [0, 0.05) is 26.3 Å². The Morgan fingerprint density at radius 2 is 2.06 bits per heavy atom. The third-order valence-corrected chi connectivity index (χ3v) is 4.10. The maximum atomic E-state index is 12.1. The Balaban J connectivity index is 1.84. The van der Waals surface area contributed by atoms with Crippen molar-refractivity contribution in [2.24, 2.45) is 17.1 Å². The largest absolute Gasteiger partial charge is 0.381 e. The predicted octanol–water partition coefficient (Wildman–Crippen LogP) is 0.658. The van der Waals surface area contributed by atoms with Crippen LogP contribution in [0.5, 0.6) is 0 Å². The van der Waals surface area contributed by atoms with Crippen LogP contribution in [0, 0.1) is 11.3 Å². The van der Waals surface area contributed by atoms with Crippen molar-refractivity contribution >= 4 is 5.91 Å². The summed E-state index contributed by atoms with van der Waals surface area (Å²) in [5.41, 5.74) is 5.42. The Labute approximate surface area is 96.9 Å². The molecule has 1 saturated carbocycles. The third-order valence-electron chi connectivity index (χ3n) is 4.10. The van der Waals surface area contributed by atoms with Crippen LogP contribution < -0.4 is 11.1 Å². The molecule has 1 aliphatic heterocycles. The van der Waals surface area contributed by atoms with Crippen molar-refractivity contribution in [3.63, 3.8) is 0 Å². The predicted molar refractivity (Wildman–Crippen MR) is 61.9 cm³/mol. The molecule has 0 aromatic rings. The molecule has 0 spiro atoms. The van der Waals surface area contributed by atoms with Crippen LogP contribution in [0.1, 0.15) is 32.1 Å². The Morgan fingerprint density at radius 3 is 2.56 bits per heavy atom. The van der Waals surface area contributed by atoms with Crippen molar-refractivity contribution < 1.29 is 9.53 Å². The van der Waals surface area contributed by atoms with Gasteiger partial charge in [-0.3, -0.25) is 4.79 Å². The molecule has 16 heavy (non-hydrogen) atoms. The number of hydrogen-bond donors (Lipinski definition) is 2. The van der Waals surface area contributed by atoms with Crippen LogP contribution in [0.25, 0.3) is 0 Å². The molecule has 1 amide bonds. The van der Waals surface area contributed by atoms with Gasteiger partial charge in [-0.25, -0.2) is 0 Å². The van der Waals surface area contributed by atoms with Gasteiger partial charge in [0.2, 0.25) is 5.91 Å². The van der Waals surface area contributed by atoms with Crippen LogP contribution in [-0.4, -0.2) is 32.2 Å². The number of carbonyl (C=O) groups is 1. The quantitative estimate of drug-likeness (QED) is 0.740. The second kappa shape index (κ2) is 5.15. The molecule has 0 radical (unpaired) electrons. The van der Waals surface area contributed by atoms with Crippen LogP contribution >= 0.6 is 0 Å². The average Bonchev–Trinajstić information content (AvgIpc) is 2.27. The number of ether oxygens (including phenoxy) is 1. The Hall–Kier alpha value is -0.610. The molecule has 1 heterocycles. The fraction of sp³-hybridized carbons (Fsp3) is 0.917.